The second-order valence-corrected chi connectivity index (χ2v) is 6.65. The zero-order valence-corrected chi connectivity index (χ0v) is 13.5. The van der Waals surface area contributed by atoms with Crippen LogP contribution in [0.3, 0.4) is 0 Å². The summed E-state index contributed by atoms with van der Waals surface area (Å²) in [5.74, 6) is 0.800. The van der Waals surface area contributed by atoms with E-state index >= 15 is 0 Å². The van der Waals surface area contributed by atoms with Crippen molar-refractivity contribution >= 4 is 23.4 Å². The zero-order valence-electron chi connectivity index (χ0n) is 11.9. The molecule has 0 aliphatic heterocycles. The summed E-state index contributed by atoms with van der Waals surface area (Å²) in [6.07, 6.45) is 1.87. The average Bonchev–Trinajstić information content (AvgIpc) is 2.38. The van der Waals surface area contributed by atoms with Crippen molar-refractivity contribution in [3.05, 3.63) is 34.6 Å². The lowest BCUT2D eigenvalue weighted by Crippen LogP contribution is -2.34. The van der Waals surface area contributed by atoms with Gasteiger partial charge in [0.2, 0.25) is 0 Å². The van der Waals surface area contributed by atoms with Crippen molar-refractivity contribution < 1.29 is 4.39 Å². The first-order valence-corrected chi connectivity index (χ1v) is 8.28. The lowest BCUT2D eigenvalue weighted by atomic mass is 10.1. The van der Waals surface area contributed by atoms with Crippen LogP contribution in [0, 0.1) is 5.82 Å². The van der Waals surface area contributed by atoms with Crippen LogP contribution in [0.2, 0.25) is 5.02 Å². The Morgan fingerprint density at radius 1 is 1.37 bits per heavy atom. The van der Waals surface area contributed by atoms with Gasteiger partial charge in [-0.1, -0.05) is 38.4 Å². The molecule has 2 unspecified atom stereocenters. The van der Waals surface area contributed by atoms with E-state index in [-0.39, 0.29) is 5.82 Å². The number of halogens is 2. The highest BCUT2D eigenvalue weighted by molar-refractivity contribution is 7.99. The summed E-state index contributed by atoms with van der Waals surface area (Å²) in [5, 5.41) is 4.54. The molecule has 0 aliphatic carbocycles. The minimum Gasteiger partial charge on any atom is -0.313 e. The van der Waals surface area contributed by atoms with Gasteiger partial charge in [-0.2, -0.15) is 11.8 Å². The first-order chi connectivity index (χ1) is 9.06. The minimum absolute atomic E-state index is 0.205. The van der Waals surface area contributed by atoms with Gasteiger partial charge in [0.15, 0.2) is 0 Å². The number of hydrogen-bond donors (Lipinski definition) is 1. The van der Waals surface area contributed by atoms with Crippen LogP contribution in [-0.4, -0.2) is 23.6 Å². The fourth-order valence-electron chi connectivity index (χ4n) is 1.83. The normalized spacial score (nSPS) is 14.4. The van der Waals surface area contributed by atoms with Crippen molar-refractivity contribution in [2.75, 3.05) is 12.3 Å². The average molecular weight is 304 g/mol. The van der Waals surface area contributed by atoms with Gasteiger partial charge in [0, 0.05) is 22.1 Å². The molecule has 0 saturated heterocycles. The number of rotatable bonds is 8. The van der Waals surface area contributed by atoms with E-state index in [9.17, 15) is 4.39 Å². The van der Waals surface area contributed by atoms with Crippen molar-refractivity contribution in [1.29, 1.82) is 0 Å². The van der Waals surface area contributed by atoms with E-state index in [1.807, 2.05) is 11.8 Å². The summed E-state index contributed by atoms with van der Waals surface area (Å²) in [7, 11) is 0. The third-order valence-electron chi connectivity index (χ3n) is 3.13. The minimum atomic E-state index is -0.205. The molecule has 0 spiro atoms. The second-order valence-electron chi connectivity index (χ2n) is 4.75. The monoisotopic (exact) mass is 303 g/mol. The second kappa shape index (κ2) is 8.83. The van der Waals surface area contributed by atoms with Gasteiger partial charge in [0.25, 0.3) is 0 Å². The fourth-order valence-corrected chi connectivity index (χ4v) is 3.02. The summed E-state index contributed by atoms with van der Waals surface area (Å²) >= 11 is 7.72. The molecule has 0 fully saturated rings. The molecule has 19 heavy (non-hydrogen) atoms. The Morgan fingerprint density at radius 2 is 2.11 bits per heavy atom. The Labute approximate surface area is 125 Å². The number of likely N-dealkylation sites (N-methyl/N-ethyl adjacent to an activating group) is 1. The molecule has 1 rings (SSSR count). The highest BCUT2D eigenvalue weighted by Gasteiger charge is 2.13. The molecule has 1 nitrogen and oxygen atoms in total. The SMILES string of the molecule is CCNC(CSC(C)CC)Cc1ccc(Cl)cc1F. The van der Waals surface area contributed by atoms with E-state index in [0.29, 0.717) is 22.7 Å². The van der Waals surface area contributed by atoms with Crippen molar-refractivity contribution in [2.45, 2.75) is 44.9 Å². The lowest BCUT2D eigenvalue weighted by Gasteiger charge is -2.20. The Bertz CT molecular complexity index is 386. The summed E-state index contributed by atoms with van der Waals surface area (Å²) in [6, 6.07) is 5.24. The van der Waals surface area contributed by atoms with Gasteiger partial charge in [-0.3, -0.25) is 0 Å². The molecule has 1 aromatic rings. The number of hydrogen-bond acceptors (Lipinski definition) is 2. The molecule has 108 valence electrons. The predicted molar refractivity (Wildman–Crippen MR) is 84.8 cm³/mol. The van der Waals surface area contributed by atoms with Gasteiger partial charge in [-0.25, -0.2) is 4.39 Å². The molecule has 0 radical (unpaired) electrons. The van der Waals surface area contributed by atoms with Crippen molar-refractivity contribution in [3.8, 4) is 0 Å². The van der Waals surface area contributed by atoms with Gasteiger partial charge < -0.3 is 5.32 Å². The van der Waals surface area contributed by atoms with Crippen LogP contribution in [-0.2, 0) is 6.42 Å². The van der Waals surface area contributed by atoms with Crippen molar-refractivity contribution in [2.24, 2.45) is 0 Å². The van der Waals surface area contributed by atoms with E-state index in [0.717, 1.165) is 17.9 Å². The molecule has 1 N–H and O–H groups in total. The number of benzene rings is 1. The van der Waals surface area contributed by atoms with Crippen LogP contribution >= 0.6 is 23.4 Å². The summed E-state index contributed by atoms with van der Waals surface area (Å²) in [5.41, 5.74) is 0.736. The van der Waals surface area contributed by atoms with Crippen LogP contribution in [0.15, 0.2) is 18.2 Å². The topological polar surface area (TPSA) is 12.0 Å². The van der Waals surface area contributed by atoms with Gasteiger partial charge >= 0.3 is 0 Å². The van der Waals surface area contributed by atoms with Crippen LogP contribution < -0.4 is 5.32 Å². The molecular formula is C15H23ClFNS. The first-order valence-electron chi connectivity index (χ1n) is 6.85. The molecule has 0 saturated carbocycles. The van der Waals surface area contributed by atoms with E-state index < -0.39 is 0 Å². The predicted octanol–water partition coefficient (Wildman–Crippen LogP) is 4.53. The maximum atomic E-state index is 13.8. The number of thioether (sulfide) groups is 1. The number of nitrogens with one attached hydrogen (secondary N) is 1. The highest BCUT2D eigenvalue weighted by atomic mass is 35.5. The van der Waals surface area contributed by atoms with Crippen molar-refractivity contribution in [1.82, 2.24) is 5.32 Å². The Morgan fingerprint density at radius 3 is 2.68 bits per heavy atom. The van der Waals surface area contributed by atoms with E-state index in [4.69, 9.17) is 11.6 Å². The standard InChI is InChI=1S/C15H23ClFNS/c1-4-11(3)19-10-14(18-5-2)8-12-6-7-13(16)9-15(12)17/h6-7,9,11,14,18H,4-5,8,10H2,1-3H3. The van der Waals surface area contributed by atoms with Crippen LogP contribution in [0.1, 0.15) is 32.8 Å². The maximum absolute atomic E-state index is 13.8. The summed E-state index contributed by atoms with van der Waals surface area (Å²) in [4.78, 5) is 0. The molecule has 4 heteroatoms. The summed E-state index contributed by atoms with van der Waals surface area (Å²) in [6.45, 7) is 7.41. The van der Waals surface area contributed by atoms with Gasteiger partial charge in [0.1, 0.15) is 5.82 Å². The molecule has 0 heterocycles. The van der Waals surface area contributed by atoms with Crippen LogP contribution in [0.5, 0.6) is 0 Å². The molecular weight excluding hydrogens is 281 g/mol. The Hall–Kier alpha value is -0.250. The molecule has 2 atom stereocenters. The van der Waals surface area contributed by atoms with Crippen LogP contribution in [0.25, 0.3) is 0 Å². The van der Waals surface area contributed by atoms with Crippen molar-refractivity contribution in [3.63, 3.8) is 0 Å². The van der Waals surface area contributed by atoms with Gasteiger partial charge in [-0.05, 0) is 37.1 Å². The Kier molecular flexibility index (Phi) is 7.81. The lowest BCUT2D eigenvalue weighted by molar-refractivity contribution is 0.545. The zero-order chi connectivity index (χ0) is 14.3. The van der Waals surface area contributed by atoms with E-state index in [1.165, 1.54) is 12.5 Å². The molecule has 0 aliphatic rings. The fraction of sp³-hybridized carbons (Fsp3) is 0.600. The van der Waals surface area contributed by atoms with E-state index in [2.05, 4.69) is 26.1 Å². The van der Waals surface area contributed by atoms with Gasteiger partial charge in [0.05, 0.1) is 0 Å². The molecule has 0 amide bonds. The Balaban J connectivity index is 2.61. The highest BCUT2D eigenvalue weighted by Crippen LogP contribution is 2.19. The largest absolute Gasteiger partial charge is 0.313 e. The molecule has 1 aromatic carbocycles. The molecule has 0 bridgehead atoms. The smallest absolute Gasteiger partial charge is 0.127 e. The molecule has 0 aromatic heterocycles. The van der Waals surface area contributed by atoms with Gasteiger partial charge in [-0.15, -0.1) is 0 Å². The summed E-state index contributed by atoms with van der Waals surface area (Å²) < 4.78 is 13.8. The maximum Gasteiger partial charge on any atom is 0.127 e. The van der Waals surface area contributed by atoms with Crippen LogP contribution in [0.4, 0.5) is 4.39 Å². The third kappa shape index (κ3) is 6.15. The quantitative estimate of drug-likeness (QED) is 0.757. The first kappa shape index (κ1) is 16.8. The van der Waals surface area contributed by atoms with E-state index in [1.54, 1.807) is 12.1 Å². The third-order valence-corrected chi connectivity index (χ3v) is 4.86.